The van der Waals surface area contributed by atoms with Crippen molar-refractivity contribution in [2.24, 2.45) is 0 Å². The summed E-state index contributed by atoms with van der Waals surface area (Å²) in [7, 11) is -2.23. The van der Waals surface area contributed by atoms with Gasteiger partial charge < -0.3 is 0 Å². The van der Waals surface area contributed by atoms with E-state index in [1.165, 1.54) is 57.8 Å². The van der Waals surface area contributed by atoms with E-state index in [2.05, 4.69) is 6.92 Å². The Balaban J connectivity index is 3.04. The van der Waals surface area contributed by atoms with Crippen molar-refractivity contribution in [3.63, 3.8) is 0 Å². The smallest absolute Gasteiger partial charge is 0.0412 e. The maximum Gasteiger partial charge on any atom is 0.0412 e. The van der Waals surface area contributed by atoms with Crippen LogP contribution in [-0.4, -0.2) is 16.2 Å². The molecule has 17 heavy (non-hydrogen) atoms. The van der Waals surface area contributed by atoms with Gasteiger partial charge in [-0.25, -0.2) is 0 Å². The van der Waals surface area contributed by atoms with Crippen LogP contribution in [0.5, 0.6) is 0 Å². The molecule has 1 atom stereocenters. The first-order valence-corrected chi connectivity index (χ1v) is 9.41. The summed E-state index contributed by atoms with van der Waals surface area (Å²) in [5, 5.41) is 0. The highest BCUT2D eigenvalue weighted by Crippen LogP contribution is 2.11. The average Bonchev–Trinajstić information content (AvgIpc) is 2.24. The molecule has 0 heterocycles. The monoisotopic (exact) mass is 261 g/mol. The summed E-state index contributed by atoms with van der Waals surface area (Å²) in [6.45, 7) is 2.26. The Bertz CT molecular complexity index is 247. The van der Waals surface area contributed by atoms with Crippen molar-refractivity contribution in [1.82, 2.24) is 0 Å². The summed E-state index contributed by atoms with van der Waals surface area (Å²) in [6.07, 6.45) is 15.9. The Labute approximate surface area is 109 Å². The highest BCUT2D eigenvalue weighted by Gasteiger charge is 1.97. The molecule has 2 nitrogen and oxygen atoms in total. The lowest BCUT2D eigenvalue weighted by Gasteiger charge is -2.03. The molecular formula is C14H31NOS. The number of hydrogen-bond acceptors (Lipinski definition) is 2. The molecule has 0 saturated heterocycles. The van der Waals surface area contributed by atoms with E-state index in [0.29, 0.717) is 5.75 Å². The van der Waals surface area contributed by atoms with E-state index in [-0.39, 0.29) is 0 Å². The Morgan fingerprint density at radius 3 is 1.47 bits per heavy atom. The minimum absolute atomic E-state index is 0.587. The van der Waals surface area contributed by atoms with Crippen molar-refractivity contribution in [3.8, 4) is 0 Å². The summed E-state index contributed by atoms with van der Waals surface area (Å²) in [6, 6.07) is 0. The number of rotatable bonds is 12. The van der Waals surface area contributed by atoms with Crippen LogP contribution < -0.4 is 0 Å². The van der Waals surface area contributed by atoms with E-state index in [9.17, 15) is 4.21 Å². The van der Waals surface area contributed by atoms with Crippen LogP contribution in [0.2, 0.25) is 0 Å². The molecule has 0 aromatic rings. The van der Waals surface area contributed by atoms with Gasteiger partial charge in [-0.2, -0.15) is 0 Å². The molecule has 0 aromatic heterocycles. The fraction of sp³-hybridized carbons (Fsp3) is 1.00. The van der Waals surface area contributed by atoms with Gasteiger partial charge in [0.15, 0.2) is 0 Å². The predicted octanol–water partition coefficient (Wildman–Crippen LogP) is 4.97. The van der Waals surface area contributed by atoms with E-state index in [0.717, 1.165) is 12.8 Å². The fourth-order valence-electron chi connectivity index (χ4n) is 2.04. The van der Waals surface area contributed by atoms with Crippen molar-refractivity contribution in [2.75, 3.05) is 12.0 Å². The molecule has 104 valence electrons. The lowest BCUT2D eigenvalue weighted by Crippen LogP contribution is -2.00. The van der Waals surface area contributed by atoms with Gasteiger partial charge in [-0.05, 0) is 6.42 Å². The van der Waals surface area contributed by atoms with E-state index >= 15 is 0 Å². The van der Waals surface area contributed by atoms with Crippen molar-refractivity contribution in [3.05, 3.63) is 0 Å². The van der Waals surface area contributed by atoms with Gasteiger partial charge in [0.05, 0.1) is 0 Å². The lowest BCUT2D eigenvalue weighted by atomic mass is 10.1. The second-order valence-electron chi connectivity index (χ2n) is 5.24. The quantitative estimate of drug-likeness (QED) is 0.495. The third kappa shape index (κ3) is 15.9. The van der Waals surface area contributed by atoms with Crippen LogP contribution in [0, 0.1) is 4.78 Å². The summed E-state index contributed by atoms with van der Waals surface area (Å²) in [4.78, 5) is 0. The van der Waals surface area contributed by atoms with E-state index in [1.54, 1.807) is 6.26 Å². The summed E-state index contributed by atoms with van der Waals surface area (Å²) in [5.41, 5.74) is 0. The Kier molecular flexibility index (Phi) is 11.0. The zero-order valence-corrected chi connectivity index (χ0v) is 12.6. The van der Waals surface area contributed by atoms with E-state index in [4.69, 9.17) is 4.78 Å². The molecule has 0 amide bonds. The minimum Gasteiger partial charge on any atom is -0.253 e. The molecule has 0 aliphatic carbocycles. The van der Waals surface area contributed by atoms with Crippen LogP contribution in [0.15, 0.2) is 0 Å². The van der Waals surface area contributed by atoms with Gasteiger partial charge >= 0.3 is 0 Å². The zero-order chi connectivity index (χ0) is 13.0. The van der Waals surface area contributed by atoms with Crippen LogP contribution in [0.4, 0.5) is 0 Å². The van der Waals surface area contributed by atoms with E-state index < -0.39 is 9.73 Å². The highest BCUT2D eigenvalue weighted by molar-refractivity contribution is 7.91. The Morgan fingerprint density at radius 1 is 0.765 bits per heavy atom. The molecule has 0 saturated carbocycles. The van der Waals surface area contributed by atoms with Crippen LogP contribution in [0.25, 0.3) is 0 Å². The van der Waals surface area contributed by atoms with Crippen molar-refractivity contribution in [1.29, 1.82) is 4.78 Å². The van der Waals surface area contributed by atoms with Crippen LogP contribution >= 0.6 is 0 Å². The molecule has 3 heteroatoms. The largest absolute Gasteiger partial charge is 0.253 e. The highest BCUT2D eigenvalue weighted by atomic mass is 32.2. The Hall–Kier alpha value is -0.0500. The lowest BCUT2D eigenvalue weighted by molar-refractivity contribution is 0.554. The molecular weight excluding hydrogens is 230 g/mol. The number of hydrogen-bond donors (Lipinski definition) is 1. The second-order valence-corrected chi connectivity index (χ2v) is 7.66. The SMILES string of the molecule is CCCCCCCCCCCCC[S@@](C)(=N)=O. The molecule has 0 aliphatic heterocycles. The predicted molar refractivity (Wildman–Crippen MR) is 78.1 cm³/mol. The van der Waals surface area contributed by atoms with Gasteiger partial charge in [-0.15, -0.1) is 0 Å². The van der Waals surface area contributed by atoms with Crippen molar-refractivity contribution in [2.45, 2.75) is 77.6 Å². The fourth-order valence-corrected chi connectivity index (χ4v) is 2.80. The molecule has 0 fully saturated rings. The average molecular weight is 261 g/mol. The minimum atomic E-state index is -2.23. The number of unbranched alkanes of at least 4 members (excludes halogenated alkanes) is 10. The maximum atomic E-state index is 11.1. The molecule has 0 spiro atoms. The number of nitrogens with one attached hydrogen (secondary N) is 1. The van der Waals surface area contributed by atoms with Crippen LogP contribution in [-0.2, 0) is 9.73 Å². The van der Waals surface area contributed by atoms with Gasteiger partial charge in [-0.1, -0.05) is 71.1 Å². The molecule has 0 unspecified atom stereocenters. The van der Waals surface area contributed by atoms with Gasteiger partial charge in [0, 0.05) is 21.7 Å². The van der Waals surface area contributed by atoms with Gasteiger partial charge in [-0.3, -0.25) is 8.99 Å². The molecule has 0 aromatic carbocycles. The van der Waals surface area contributed by atoms with Crippen LogP contribution in [0.3, 0.4) is 0 Å². The molecule has 0 radical (unpaired) electrons. The first-order valence-electron chi connectivity index (χ1n) is 7.27. The molecule has 0 aliphatic rings. The summed E-state index contributed by atoms with van der Waals surface area (Å²) in [5.74, 6) is 0.587. The molecule has 1 N–H and O–H groups in total. The third-order valence-electron chi connectivity index (χ3n) is 3.14. The Morgan fingerprint density at radius 2 is 1.12 bits per heavy atom. The van der Waals surface area contributed by atoms with Gasteiger partial charge in [0.2, 0.25) is 0 Å². The van der Waals surface area contributed by atoms with Crippen LogP contribution in [0.1, 0.15) is 77.6 Å². The normalized spacial score (nSPS) is 14.7. The third-order valence-corrected chi connectivity index (χ3v) is 4.21. The molecule has 0 bridgehead atoms. The zero-order valence-electron chi connectivity index (χ0n) is 11.8. The van der Waals surface area contributed by atoms with Crippen molar-refractivity contribution < 1.29 is 4.21 Å². The summed E-state index contributed by atoms with van der Waals surface area (Å²) < 4.78 is 18.4. The first-order chi connectivity index (χ1) is 8.06. The summed E-state index contributed by atoms with van der Waals surface area (Å²) >= 11 is 0. The second kappa shape index (κ2) is 11.1. The first kappa shape index (κ1) is 16.9. The standard InChI is InChI=1S/C14H31NOS/c1-3-4-5-6-7-8-9-10-11-12-13-14-17(2,15)16/h15H,3-14H2,1-2H3/t17-/m0/s1. The molecule has 0 rings (SSSR count). The van der Waals surface area contributed by atoms with E-state index in [1.807, 2.05) is 0 Å². The topological polar surface area (TPSA) is 40.9 Å². The van der Waals surface area contributed by atoms with Gasteiger partial charge in [0.25, 0.3) is 0 Å². The van der Waals surface area contributed by atoms with Crippen molar-refractivity contribution >= 4 is 9.73 Å². The maximum absolute atomic E-state index is 11.1. The van der Waals surface area contributed by atoms with Gasteiger partial charge in [0.1, 0.15) is 0 Å².